The van der Waals surface area contributed by atoms with Gasteiger partial charge in [0.05, 0.1) is 13.2 Å². The van der Waals surface area contributed by atoms with Crippen LogP contribution in [0.4, 0.5) is 0 Å². The maximum absolute atomic E-state index is 11.1. The molecule has 2 aliphatic rings. The molecule has 2 fully saturated rings. The van der Waals surface area contributed by atoms with Crippen LogP contribution in [0.1, 0.15) is 41.5 Å². The highest BCUT2D eigenvalue weighted by Gasteiger charge is 2.26. The largest absolute Gasteiger partial charge is 0.379 e. The molecule has 2 rings (SSSR count). The molecule has 0 aromatic carbocycles. The summed E-state index contributed by atoms with van der Waals surface area (Å²) >= 11 is 0. The molecule has 22 heavy (non-hydrogen) atoms. The van der Waals surface area contributed by atoms with Gasteiger partial charge in [-0.3, -0.25) is 14.6 Å². The van der Waals surface area contributed by atoms with Gasteiger partial charge in [0.25, 0.3) is 0 Å². The van der Waals surface area contributed by atoms with E-state index in [9.17, 15) is 4.79 Å². The standard InChI is InChI=1S/C10H20N2O.C7H15NO/c1-9(13)11-5-7-12(8-6-11)10(2,3)4;1-7(2)8-3-5-9-6-4-8/h5-8H2,1-4H3;7H,3-6H2,1-2H3. The van der Waals surface area contributed by atoms with Crippen molar-refractivity contribution < 1.29 is 9.53 Å². The number of hydrogen-bond acceptors (Lipinski definition) is 4. The van der Waals surface area contributed by atoms with Gasteiger partial charge in [0.1, 0.15) is 0 Å². The molecular weight excluding hydrogens is 278 g/mol. The molecule has 0 aromatic heterocycles. The van der Waals surface area contributed by atoms with Crippen LogP contribution < -0.4 is 0 Å². The summed E-state index contributed by atoms with van der Waals surface area (Å²) in [7, 11) is 0. The van der Waals surface area contributed by atoms with E-state index in [1.807, 2.05) is 4.90 Å². The average molecular weight is 313 g/mol. The van der Waals surface area contributed by atoms with Crippen molar-refractivity contribution in [3.05, 3.63) is 0 Å². The lowest BCUT2D eigenvalue weighted by molar-refractivity contribution is -0.131. The molecule has 0 atom stereocenters. The van der Waals surface area contributed by atoms with Crippen molar-refractivity contribution in [2.75, 3.05) is 52.5 Å². The van der Waals surface area contributed by atoms with Gasteiger partial charge in [0.15, 0.2) is 0 Å². The first-order valence-corrected chi connectivity index (χ1v) is 8.54. The SMILES string of the molecule is CC(=O)N1CCN(C(C)(C)C)CC1.CC(C)N1CCOCC1. The van der Waals surface area contributed by atoms with Crippen molar-refractivity contribution in [2.45, 2.75) is 53.1 Å². The first-order valence-electron chi connectivity index (χ1n) is 8.54. The Morgan fingerprint density at radius 1 is 0.955 bits per heavy atom. The number of hydrogen-bond donors (Lipinski definition) is 0. The van der Waals surface area contributed by atoms with E-state index in [4.69, 9.17) is 4.74 Å². The summed E-state index contributed by atoms with van der Waals surface area (Å²) in [5, 5.41) is 0. The van der Waals surface area contributed by atoms with E-state index in [0.29, 0.717) is 6.04 Å². The maximum Gasteiger partial charge on any atom is 0.219 e. The fraction of sp³-hybridized carbons (Fsp3) is 0.941. The second kappa shape index (κ2) is 8.85. The summed E-state index contributed by atoms with van der Waals surface area (Å²) in [6.45, 7) is 20.6. The molecule has 0 bridgehead atoms. The Bertz CT molecular complexity index is 325. The lowest BCUT2D eigenvalue weighted by atomic mass is 10.1. The fourth-order valence-corrected chi connectivity index (χ4v) is 2.79. The van der Waals surface area contributed by atoms with Gasteiger partial charge in [0, 0.05) is 57.8 Å². The summed E-state index contributed by atoms with van der Waals surface area (Å²) in [6, 6.07) is 0.689. The van der Waals surface area contributed by atoms with E-state index in [1.165, 1.54) is 0 Å². The van der Waals surface area contributed by atoms with Gasteiger partial charge >= 0.3 is 0 Å². The zero-order valence-corrected chi connectivity index (χ0v) is 15.4. The molecule has 1 amide bonds. The van der Waals surface area contributed by atoms with Gasteiger partial charge < -0.3 is 9.64 Å². The summed E-state index contributed by atoms with van der Waals surface area (Å²) < 4.78 is 5.21. The normalized spacial score (nSPS) is 21.5. The number of carbonyl (C=O) groups excluding carboxylic acids is 1. The van der Waals surface area contributed by atoms with Gasteiger partial charge in [0.2, 0.25) is 5.91 Å². The van der Waals surface area contributed by atoms with E-state index in [2.05, 4.69) is 44.4 Å². The van der Waals surface area contributed by atoms with Crippen LogP contribution in [-0.2, 0) is 9.53 Å². The topological polar surface area (TPSA) is 36.0 Å². The Morgan fingerprint density at radius 2 is 1.45 bits per heavy atom. The molecular formula is C17H35N3O2. The molecule has 0 N–H and O–H groups in total. The molecule has 2 aliphatic heterocycles. The summed E-state index contributed by atoms with van der Waals surface area (Å²) in [5.74, 6) is 0.202. The third-order valence-corrected chi connectivity index (χ3v) is 4.45. The molecule has 130 valence electrons. The van der Waals surface area contributed by atoms with E-state index >= 15 is 0 Å². The molecule has 0 aromatic rings. The van der Waals surface area contributed by atoms with Crippen LogP contribution in [0.15, 0.2) is 0 Å². The van der Waals surface area contributed by atoms with Crippen LogP contribution in [0.5, 0.6) is 0 Å². The fourth-order valence-electron chi connectivity index (χ4n) is 2.79. The Labute approximate surface area is 136 Å². The molecule has 0 saturated carbocycles. The van der Waals surface area contributed by atoms with Gasteiger partial charge in [-0.15, -0.1) is 0 Å². The predicted octanol–water partition coefficient (Wildman–Crippen LogP) is 1.68. The van der Waals surface area contributed by atoms with Crippen molar-refractivity contribution >= 4 is 5.91 Å². The second-order valence-electron chi connectivity index (χ2n) is 7.41. The van der Waals surface area contributed by atoms with E-state index in [1.54, 1.807) is 6.92 Å². The van der Waals surface area contributed by atoms with E-state index in [0.717, 1.165) is 52.5 Å². The van der Waals surface area contributed by atoms with Crippen LogP contribution in [0.25, 0.3) is 0 Å². The molecule has 5 nitrogen and oxygen atoms in total. The molecule has 5 heteroatoms. The third-order valence-electron chi connectivity index (χ3n) is 4.45. The number of rotatable bonds is 1. The first kappa shape index (κ1) is 19.4. The van der Waals surface area contributed by atoms with Crippen molar-refractivity contribution in [1.82, 2.24) is 14.7 Å². The Morgan fingerprint density at radius 3 is 1.77 bits per heavy atom. The molecule has 0 unspecified atom stereocenters. The highest BCUT2D eigenvalue weighted by Crippen LogP contribution is 2.15. The number of carbonyl (C=O) groups is 1. The second-order valence-corrected chi connectivity index (χ2v) is 7.41. The summed E-state index contributed by atoms with van der Waals surface area (Å²) in [5.41, 5.74) is 0.239. The minimum absolute atomic E-state index is 0.202. The highest BCUT2D eigenvalue weighted by molar-refractivity contribution is 5.73. The van der Waals surface area contributed by atoms with Crippen LogP contribution >= 0.6 is 0 Å². The van der Waals surface area contributed by atoms with Gasteiger partial charge in [-0.05, 0) is 34.6 Å². The molecule has 0 radical (unpaired) electrons. The van der Waals surface area contributed by atoms with Crippen LogP contribution in [0.3, 0.4) is 0 Å². The summed E-state index contributed by atoms with van der Waals surface area (Å²) in [4.78, 5) is 17.8. The van der Waals surface area contributed by atoms with Crippen molar-refractivity contribution in [2.24, 2.45) is 0 Å². The Hall–Kier alpha value is -0.650. The lowest BCUT2D eigenvalue weighted by Crippen LogP contribution is -2.54. The van der Waals surface area contributed by atoms with Gasteiger partial charge in [-0.25, -0.2) is 0 Å². The van der Waals surface area contributed by atoms with E-state index in [-0.39, 0.29) is 11.4 Å². The predicted molar refractivity (Wildman–Crippen MR) is 91.1 cm³/mol. The lowest BCUT2D eigenvalue weighted by Gasteiger charge is -2.42. The van der Waals surface area contributed by atoms with Crippen molar-refractivity contribution in [3.63, 3.8) is 0 Å². The summed E-state index contributed by atoms with van der Waals surface area (Å²) in [6.07, 6.45) is 0. The zero-order valence-electron chi connectivity index (χ0n) is 15.4. The third kappa shape index (κ3) is 6.63. The Balaban J connectivity index is 0.000000235. The van der Waals surface area contributed by atoms with Crippen LogP contribution in [-0.4, -0.2) is 84.7 Å². The van der Waals surface area contributed by atoms with E-state index < -0.39 is 0 Å². The smallest absolute Gasteiger partial charge is 0.219 e. The molecule has 2 heterocycles. The zero-order chi connectivity index (χ0) is 16.8. The first-order chi connectivity index (χ1) is 10.2. The molecule has 0 spiro atoms. The van der Waals surface area contributed by atoms with Gasteiger partial charge in [-0.1, -0.05) is 0 Å². The van der Waals surface area contributed by atoms with Crippen LogP contribution in [0.2, 0.25) is 0 Å². The number of ether oxygens (including phenoxy) is 1. The van der Waals surface area contributed by atoms with Gasteiger partial charge in [-0.2, -0.15) is 0 Å². The molecule has 0 aliphatic carbocycles. The number of nitrogens with zero attached hydrogens (tertiary/aromatic N) is 3. The minimum Gasteiger partial charge on any atom is -0.379 e. The number of morpholine rings is 1. The maximum atomic E-state index is 11.1. The van der Waals surface area contributed by atoms with Crippen LogP contribution in [0, 0.1) is 0 Å². The average Bonchev–Trinajstić information content (AvgIpc) is 2.48. The van der Waals surface area contributed by atoms with Crippen molar-refractivity contribution in [1.29, 1.82) is 0 Å². The highest BCUT2D eigenvalue weighted by atomic mass is 16.5. The quantitative estimate of drug-likeness (QED) is 0.738. The monoisotopic (exact) mass is 313 g/mol. The Kier molecular flexibility index (Phi) is 7.80. The number of piperazine rings is 1. The van der Waals surface area contributed by atoms with Crippen molar-refractivity contribution in [3.8, 4) is 0 Å². The molecule has 2 saturated heterocycles. The number of amides is 1. The minimum atomic E-state index is 0.202.